The molecule has 2 saturated heterocycles. The molecule has 1 amide bonds. The molecule has 2 aliphatic heterocycles. The van der Waals surface area contributed by atoms with Crippen molar-refractivity contribution in [2.24, 2.45) is 0 Å². The van der Waals surface area contributed by atoms with E-state index in [1.807, 2.05) is 23.6 Å². The van der Waals surface area contributed by atoms with Gasteiger partial charge in [0.1, 0.15) is 0 Å². The Morgan fingerprint density at radius 3 is 2.67 bits per heavy atom. The first-order valence-electron chi connectivity index (χ1n) is 7.35. The van der Waals surface area contributed by atoms with Gasteiger partial charge in [-0.05, 0) is 44.8 Å². The van der Waals surface area contributed by atoms with Gasteiger partial charge in [-0.3, -0.25) is 4.79 Å². The van der Waals surface area contributed by atoms with E-state index in [2.05, 4.69) is 12.2 Å². The molecule has 0 aliphatic carbocycles. The van der Waals surface area contributed by atoms with Gasteiger partial charge in [0, 0.05) is 24.4 Å². The quantitative estimate of drug-likeness (QED) is 0.854. The molecular formula is C14H26N2OS. The lowest BCUT2D eigenvalue weighted by molar-refractivity contribution is -0.134. The highest BCUT2D eigenvalue weighted by Gasteiger charge is 2.27. The van der Waals surface area contributed by atoms with E-state index < -0.39 is 0 Å². The Labute approximate surface area is 115 Å². The first kappa shape index (κ1) is 14.2. The van der Waals surface area contributed by atoms with Crippen LogP contribution in [0.4, 0.5) is 0 Å². The first-order chi connectivity index (χ1) is 8.68. The van der Waals surface area contributed by atoms with Crippen molar-refractivity contribution in [3.63, 3.8) is 0 Å². The van der Waals surface area contributed by atoms with Gasteiger partial charge < -0.3 is 10.2 Å². The van der Waals surface area contributed by atoms with Gasteiger partial charge in [-0.15, -0.1) is 0 Å². The average molecular weight is 270 g/mol. The van der Waals surface area contributed by atoms with Crippen LogP contribution in [0.15, 0.2) is 0 Å². The van der Waals surface area contributed by atoms with E-state index in [0.717, 1.165) is 13.1 Å². The molecule has 104 valence electrons. The van der Waals surface area contributed by atoms with Crippen LogP contribution in [-0.2, 0) is 4.79 Å². The van der Waals surface area contributed by atoms with Crippen LogP contribution in [0.5, 0.6) is 0 Å². The monoisotopic (exact) mass is 270 g/mol. The summed E-state index contributed by atoms with van der Waals surface area (Å²) in [6, 6.07) is 0.488. The van der Waals surface area contributed by atoms with Crippen molar-refractivity contribution in [1.29, 1.82) is 0 Å². The zero-order chi connectivity index (χ0) is 13.0. The summed E-state index contributed by atoms with van der Waals surface area (Å²) in [7, 11) is 0. The SMILES string of the molecule is CC(NC1CCCSC1C)C(=O)N1CCCCC1. The van der Waals surface area contributed by atoms with E-state index in [9.17, 15) is 4.79 Å². The molecule has 4 heteroatoms. The third kappa shape index (κ3) is 3.64. The molecule has 2 heterocycles. The number of hydrogen-bond donors (Lipinski definition) is 1. The van der Waals surface area contributed by atoms with E-state index in [0.29, 0.717) is 17.2 Å². The van der Waals surface area contributed by atoms with E-state index in [4.69, 9.17) is 0 Å². The smallest absolute Gasteiger partial charge is 0.239 e. The lowest BCUT2D eigenvalue weighted by Crippen LogP contribution is -2.52. The second-order valence-electron chi connectivity index (χ2n) is 5.60. The first-order valence-corrected chi connectivity index (χ1v) is 8.40. The van der Waals surface area contributed by atoms with Gasteiger partial charge in [-0.2, -0.15) is 11.8 Å². The molecule has 2 fully saturated rings. The molecule has 1 N–H and O–H groups in total. The number of carbonyl (C=O) groups excluding carboxylic acids is 1. The molecule has 0 aromatic carbocycles. The van der Waals surface area contributed by atoms with Gasteiger partial charge in [0.25, 0.3) is 0 Å². The number of rotatable bonds is 3. The van der Waals surface area contributed by atoms with Crippen LogP contribution in [0.25, 0.3) is 0 Å². The highest BCUT2D eigenvalue weighted by molar-refractivity contribution is 7.99. The Hall–Kier alpha value is -0.220. The van der Waals surface area contributed by atoms with Crippen LogP contribution in [0, 0.1) is 0 Å². The molecular weight excluding hydrogens is 244 g/mol. The molecule has 2 rings (SSSR count). The number of hydrogen-bond acceptors (Lipinski definition) is 3. The maximum absolute atomic E-state index is 12.3. The van der Waals surface area contributed by atoms with Crippen molar-refractivity contribution in [2.75, 3.05) is 18.8 Å². The van der Waals surface area contributed by atoms with Crippen molar-refractivity contribution >= 4 is 17.7 Å². The summed E-state index contributed by atoms with van der Waals surface area (Å²) in [4.78, 5) is 14.4. The molecule has 0 aromatic rings. The fraction of sp³-hybridized carbons (Fsp3) is 0.929. The van der Waals surface area contributed by atoms with Gasteiger partial charge in [0.05, 0.1) is 6.04 Å². The Balaban J connectivity index is 1.82. The zero-order valence-corrected chi connectivity index (χ0v) is 12.5. The van der Waals surface area contributed by atoms with Gasteiger partial charge >= 0.3 is 0 Å². The summed E-state index contributed by atoms with van der Waals surface area (Å²) >= 11 is 2.03. The molecule has 3 unspecified atom stereocenters. The minimum atomic E-state index is -0.0192. The molecule has 3 nitrogen and oxygen atoms in total. The van der Waals surface area contributed by atoms with Crippen molar-refractivity contribution in [3.8, 4) is 0 Å². The van der Waals surface area contributed by atoms with Crippen LogP contribution in [-0.4, -0.2) is 47.0 Å². The van der Waals surface area contributed by atoms with Gasteiger partial charge in [0.2, 0.25) is 5.91 Å². The molecule has 0 bridgehead atoms. The van der Waals surface area contributed by atoms with Crippen LogP contribution >= 0.6 is 11.8 Å². The number of carbonyl (C=O) groups is 1. The van der Waals surface area contributed by atoms with Gasteiger partial charge in [-0.1, -0.05) is 6.92 Å². The third-order valence-corrected chi connectivity index (χ3v) is 5.49. The van der Waals surface area contributed by atoms with Crippen molar-refractivity contribution < 1.29 is 4.79 Å². The lowest BCUT2D eigenvalue weighted by Gasteiger charge is -2.34. The molecule has 0 radical (unpaired) electrons. The van der Waals surface area contributed by atoms with Crippen LogP contribution in [0.1, 0.15) is 46.0 Å². The summed E-state index contributed by atoms with van der Waals surface area (Å²) in [6.45, 7) is 6.22. The fourth-order valence-electron chi connectivity index (χ4n) is 2.92. The Kier molecular flexibility index (Phi) is 5.37. The van der Waals surface area contributed by atoms with Crippen molar-refractivity contribution in [1.82, 2.24) is 10.2 Å². The minimum absolute atomic E-state index is 0.0192. The maximum atomic E-state index is 12.3. The number of piperidine rings is 1. The van der Waals surface area contributed by atoms with Crippen LogP contribution < -0.4 is 5.32 Å². The van der Waals surface area contributed by atoms with Crippen LogP contribution in [0.3, 0.4) is 0 Å². The number of likely N-dealkylation sites (tertiary alicyclic amines) is 1. The third-order valence-electron chi connectivity index (χ3n) is 4.11. The van der Waals surface area contributed by atoms with Crippen LogP contribution in [0.2, 0.25) is 0 Å². The Bertz CT molecular complexity index is 279. The van der Waals surface area contributed by atoms with Crippen molar-refractivity contribution in [3.05, 3.63) is 0 Å². The molecule has 2 aliphatic rings. The standard InChI is InChI=1S/C14H26N2OS/c1-11(14(17)16-8-4-3-5-9-16)15-13-7-6-10-18-12(13)2/h11-13,15H,3-10H2,1-2H3. The van der Waals surface area contributed by atoms with E-state index in [-0.39, 0.29) is 6.04 Å². The number of thioether (sulfide) groups is 1. The summed E-state index contributed by atoms with van der Waals surface area (Å²) in [6.07, 6.45) is 6.12. The highest BCUT2D eigenvalue weighted by Crippen LogP contribution is 2.25. The Morgan fingerprint density at radius 2 is 2.00 bits per heavy atom. The van der Waals surface area contributed by atoms with Gasteiger partial charge in [0.15, 0.2) is 0 Å². The number of nitrogens with one attached hydrogen (secondary N) is 1. The number of nitrogens with zero attached hydrogens (tertiary/aromatic N) is 1. The fourth-order valence-corrected chi connectivity index (χ4v) is 4.07. The predicted octanol–water partition coefficient (Wildman–Crippen LogP) is 2.26. The summed E-state index contributed by atoms with van der Waals surface area (Å²) in [5, 5.41) is 4.19. The summed E-state index contributed by atoms with van der Waals surface area (Å²) in [5.74, 6) is 1.57. The minimum Gasteiger partial charge on any atom is -0.341 e. The molecule has 0 spiro atoms. The molecule has 0 saturated carbocycles. The zero-order valence-electron chi connectivity index (χ0n) is 11.7. The normalized spacial score (nSPS) is 31.1. The second kappa shape index (κ2) is 6.80. The van der Waals surface area contributed by atoms with Gasteiger partial charge in [-0.25, -0.2) is 0 Å². The highest BCUT2D eigenvalue weighted by atomic mass is 32.2. The lowest BCUT2D eigenvalue weighted by atomic mass is 10.1. The van der Waals surface area contributed by atoms with E-state index in [1.54, 1.807) is 0 Å². The summed E-state index contributed by atoms with van der Waals surface area (Å²) in [5.41, 5.74) is 0. The molecule has 3 atom stereocenters. The second-order valence-corrected chi connectivity index (χ2v) is 7.08. The Morgan fingerprint density at radius 1 is 1.28 bits per heavy atom. The van der Waals surface area contributed by atoms with E-state index >= 15 is 0 Å². The van der Waals surface area contributed by atoms with E-state index in [1.165, 1.54) is 37.9 Å². The topological polar surface area (TPSA) is 32.3 Å². The summed E-state index contributed by atoms with van der Waals surface area (Å²) < 4.78 is 0. The maximum Gasteiger partial charge on any atom is 0.239 e. The largest absolute Gasteiger partial charge is 0.341 e. The number of amides is 1. The van der Waals surface area contributed by atoms with Crippen molar-refractivity contribution in [2.45, 2.75) is 63.3 Å². The average Bonchev–Trinajstić information content (AvgIpc) is 2.41. The molecule has 18 heavy (non-hydrogen) atoms. The predicted molar refractivity (Wildman–Crippen MR) is 78.0 cm³/mol. The molecule has 0 aromatic heterocycles.